The fraction of sp³-hybridized carbons (Fsp3) is 0.958. The summed E-state index contributed by atoms with van der Waals surface area (Å²) in [5.41, 5.74) is 5.00. The smallest absolute Gasteiger partial charge is 0.220 e. The summed E-state index contributed by atoms with van der Waals surface area (Å²) in [5, 5.41) is 11.0. The van der Waals surface area contributed by atoms with Crippen LogP contribution in [0.2, 0.25) is 0 Å². The third-order valence-electron chi connectivity index (χ3n) is 8.48. The van der Waals surface area contributed by atoms with Crippen molar-refractivity contribution in [2.45, 2.75) is 96.5 Å². The fourth-order valence-electron chi connectivity index (χ4n) is 7.03. The van der Waals surface area contributed by atoms with E-state index in [0.29, 0.717) is 19.1 Å². The highest BCUT2D eigenvalue weighted by Crippen LogP contribution is 2.54. The van der Waals surface area contributed by atoms with Crippen molar-refractivity contribution in [2.75, 3.05) is 13.2 Å². The van der Waals surface area contributed by atoms with E-state index in [1.165, 1.54) is 51.4 Å². The second-order valence-corrected chi connectivity index (χ2v) is 10.1. The summed E-state index contributed by atoms with van der Waals surface area (Å²) in [5.74, 6) is 3.83. The van der Waals surface area contributed by atoms with Gasteiger partial charge in [0.05, 0.1) is 12.2 Å². The number of aliphatic hydroxyl groups is 1. The molecule has 3 aliphatic carbocycles. The Morgan fingerprint density at radius 2 is 1.86 bits per heavy atom. The molecule has 3 N–H and O–H groups in total. The molecular formula is C24H43NO3. The molecule has 0 aromatic heterocycles. The molecule has 3 rings (SSSR count). The number of hydrogen-bond acceptors (Lipinski definition) is 3. The molecule has 0 aromatic rings. The zero-order valence-corrected chi connectivity index (χ0v) is 18.2. The zero-order valence-electron chi connectivity index (χ0n) is 18.2. The third-order valence-corrected chi connectivity index (χ3v) is 8.48. The van der Waals surface area contributed by atoms with Crippen molar-refractivity contribution in [1.29, 1.82) is 0 Å². The number of ether oxygens (including phenoxy) is 1. The van der Waals surface area contributed by atoms with Gasteiger partial charge in [-0.25, -0.2) is 0 Å². The lowest BCUT2D eigenvalue weighted by atomic mass is 9.59. The van der Waals surface area contributed by atoms with Crippen LogP contribution in [0.1, 0.15) is 90.9 Å². The normalized spacial score (nSPS) is 39.5. The summed E-state index contributed by atoms with van der Waals surface area (Å²) < 4.78 is 5.61. The first-order chi connectivity index (χ1) is 13.5. The van der Waals surface area contributed by atoms with Gasteiger partial charge in [0.25, 0.3) is 0 Å². The molecule has 0 spiro atoms. The Bertz CT molecular complexity index is 510. The zero-order chi connectivity index (χ0) is 20.1. The number of rotatable bonds is 8. The standard InChI is InChI=1S/C24H43NO3/c1-3-17(23(25)26)11-12-18-7-5-10-22-20(18)9-6-8-19-15-24(27,16-28-4-2)14-13-21(19)22/h17-22,27H,3-16H2,1-2H3,(H2,25,26)/t17-,18+,19-,20-,21+,22+,24-/m1/s1. The monoisotopic (exact) mass is 393 g/mol. The largest absolute Gasteiger partial charge is 0.387 e. The van der Waals surface area contributed by atoms with Gasteiger partial charge in [-0.1, -0.05) is 32.6 Å². The van der Waals surface area contributed by atoms with Crippen molar-refractivity contribution < 1.29 is 14.6 Å². The van der Waals surface area contributed by atoms with Crippen LogP contribution in [0.3, 0.4) is 0 Å². The van der Waals surface area contributed by atoms with Gasteiger partial charge in [-0.3, -0.25) is 4.79 Å². The molecule has 3 aliphatic rings. The molecule has 0 radical (unpaired) electrons. The van der Waals surface area contributed by atoms with Crippen molar-refractivity contribution in [1.82, 2.24) is 0 Å². The van der Waals surface area contributed by atoms with Crippen LogP contribution < -0.4 is 5.73 Å². The molecule has 0 bridgehead atoms. The van der Waals surface area contributed by atoms with E-state index in [0.717, 1.165) is 49.4 Å². The lowest BCUT2D eigenvalue weighted by Gasteiger charge is -2.48. The molecule has 0 heterocycles. The summed E-state index contributed by atoms with van der Waals surface area (Å²) in [4.78, 5) is 11.7. The van der Waals surface area contributed by atoms with Gasteiger partial charge >= 0.3 is 0 Å². The molecule has 1 amide bonds. The Balaban J connectivity index is 1.64. The molecule has 0 aromatic carbocycles. The van der Waals surface area contributed by atoms with Crippen LogP contribution in [0.5, 0.6) is 0 Å². The first kappa shape index (κ1) is 22.1. The predicted molar refractivity (Wildman–Crippen MR) is 113 cm³/mol. The van der Waals surface area contributed by atoms with Crippen molar-refractivity contribution in [3.8, 4) is 0 Å². The minimum Gasteiger partial charge on any atom is -0.387 e. The highest BCUT2D eigenvalue weighted by atomic mass is 16.5. The maximum atomic E-state index is 11.7. The highest BCUT2D eigenvalue weighted by molar-refractivity contribution is 5.76. The number of amides is 1. The molecule has 0 saturated heterocycles. The van der Waals surface area contributed by atoms with Gasteiger partial charge in [0.1, 0.15) is 0 Å². The number of hydrogen-bond donors (Lipinski definition) is 2. The molecule has 4 nitrogen and oxygen atoms in total. The fourth-order valence-corrected chi connectivity index (χ4v) is 7.03. The van der Waals surface area contributed by atoms with Crippen LogP contribution in [0.4, 0.5) is 0 Å². The van der Waals surface area contributed by atoms with Crippen LogP contribution in [0.15, 0.2) is 0 Å². The van der Waals surface area contributed by atoms with Crippen LogP contribution in [-0.4, -0.2) is 29.8 Å². The van der Waals surface area contributed by atoms with Gasteiger partial charge in [-0.15, -0.1) is 0 Å². The van der Waals surface area contributed by atoms with E-state index in [9.17, 15) is 9.90 Å². The summed E-state index contributed by atoms with van der Waals surface area (Å²) in [6.45, 7) is 5.29. The predicted octanol–water partition coefficient (Wildman–Crippen LogP) is 4.68. The number of nitrogens with two attached hydrogens (primary N) is 1. The third kappa shape index (κ3) is 5.11. The molecule has 4 heteroatoms. The van der Waals surface area contributed by atoms with Crippen LogP contribution in [0, 0.1) is 35.5 Å². The number of fused-ring (bicyclic) bond motifs is 3. The molecule has 28 heavy (non-hydrogen) atoms. The van der Waals surface area contributed by atoms with E-state index in [-0.39, 0.29) is 11.8 Å². The minimum atomic E-state index is -0.596. The lowest BCUT2D eigenvalue weighted by molar-refractivity contribution is -0.122. The van der Waals surface area contributed by atoms with Crippen LogP contribution >= 0.6 is 0 Å². The Morgan fingerprint density at radius 1 is 1.11 bits per heavy atom. The second-order valence-electron chi connectivity index (χ2n) is 10.1. The first-order valence-electron chi connectivity index (χ1n) is 12.1. The average molecular weight is 394 g/mol. The van der Waals surface area contributed by atoms with Gasteiger partial charge in [-0.05, 0) is 87.9 Å². The van der Waals surface area contributed by atoms with E-state index >= 15 is 0 Å². The van der Waals surface area contributed by atoms with Gasteiger partial charge in [0.15, 0.2) is 0 Å². The van der Waals surface area contributed by atoms with Gasteiger partial charge < -0.3 is 15.6 Å². The molecule has 0 unspecified atom stereocenters. The van der Waals surface area contributed by atoms with E-state index < -0.39 is 5.60 Å². The molecule has 7 atom stereocenters. The molecule has 0 aliphatic heterocycles. The summed E-state index contributed by atoms with van der Waals surface area (Å²) in [6, 6.07) is 0. The van der Waals surface area contributed by atoms with Crippen molar-refractivity contribution in [2.24, 2.45) is 41.2 Å². The summed E-state index contributed by atoms with van der Waals surface area (Å²) in [6.07, 6.45) is 14.0. The van der Waals surface area contributed by atoms with Gasteiger partial charge in [0, 0.05) is 12.5 Å². The lowest BCUT2D eigenvalue weighted by Crippen LogP contribution is -2.46. The summed E-state index contributed by atoms with van der Waals surface area (Å²) >= 11 is 0. The second kappa shape index (κ2) is 9.93. The van der Waals surface area contributed by atoms with Crippen molar-refractivity contribution in [3.05, 3.63) is 0 Å². The number of carbonyl (C=O) groups excluding carboxylic acids is 1. The average Bonchev–Trinajstić information content (AvgIpc) is 2.85. The van der Waals surface area contributed by atoms with Crippen LogP contribution in [-0.2, 0) is 9.53 Å². The number of carbonyl (C=O) groups is 1. The minimum absolute atomic E-state index is 0.0576. The van der Waals surface area contributed by atoms with E-state index in [1.54, 1.807) is 0 Å². The highest BCUT2D eigenvalue weighted by Gasteiger charge is 2.47. The quantitative estimate of drug-likeness (QED) is 0.629. The van der Waals surface area contributed by atoms with Gasteiger partial charge in [0.2, 0.25) is 5.91 Å². The molecular weight excluding hydrogens is 350 g/mol. The summed E-state index contributed by atoms with van der Waals surface area (Å²) in [7, 11) is 0. The first-order valence-corrected chi connectivity index (χ1v) is 12.1. The molecule has 162 valence electrons. The Labute approximate surface area is 172 Å². The van der Waals surface area contributed by atoms with E-state index in [2.05, 4.69) is 6.92 Å². The van der Waals surface area contributed by atoms with Gasteiger partial charge in [-0.2, -0.15) is 0 Å². The van der Waals surface area contributed by atoms with E-state index in [4.69, 9.17) is 10.5 Å². The molecule has 3 saturated carbocycles. The topological polar surface area (TPSA) is 72.6 Å². The van der Waals surface area contributed by atoms with E-state index in [1.807, 2.05) is 6.92 Å². The van der Waals surface area contributed by atoms with Crippen LogP contribution in [0.25, 0.3) is 0 Å². The Morgan fingerprint density at radius 3 is 2.57 bits per heavy atom. The molecule has 3 fully saturated rings. The maximum absolute atomic E-state index is 11.7. The SMILES string of the molecule is CCOC[C@@]1(O)CC[C@H]2[C@H](CCC[C@@H]3[C@H](CC[C@@H](CC)C(N)=O)CCC[C@@H]32)C1. The Hall–Kier alpha value is -0.610. The maximum Gasteiger partial charge on any atom is 0.220 e. The van der Waals surface area contributed by atoms with Crippen molar-refractivity contribution >= 4 is 5.91 Å². The number of primary amides is 1. The van der Waals surface area contributed by atoms with Crippen molar-refractivity contribution in [3.63, 3.8) is 0 Å². The Kier molecular flexibility index (Phi) is 7.83.